The average molecular weight is 408 g/mol. The Labute approximate surface area is 175 Å². The number of carbonyl (C=O) groups excluding carboxylic acids is 4. The van der Waals surface area contributed by atoms with Gasteiger partial charge in [-0.1, -0.05) is 25.5 Å². The zero-order chi connectivity index (χ0) is 21.8. The molecule has 0 spiro atoms. The predicted molar refractivity (Wildman–Crippen MR) is 112 cm³/mol. The Morgan fingerprint density at radius 1 is 1.03 bits per heavy atom. The quantitative estimate of drug-likeness (QED) is 0.559. The normalized spacial score (nSPS) is 12.7. The molecule has 156 valence electrons. The third-order valence-electron chi connectivity index (χ3n) is 5.15. The van der Waals surface area contributed by atoms with Gasteiger partial charge in [0.05, 0.1) is 16.7 Å². The fourth-order valence-corrected chi connectivity index (χ4v) is 3.22. The topological polar surface area (TPSA) is 92.8 Å². The number of unbranched alkanes of at least 4 members (excludes halogenated alkanes) is 1. The van der Waals surface area contributed by atoms with Gasteiger partial charge in [-0.2, -0.15) is 0 Å². The summed E-state index contributed by atoms with van der Waals surface area (Å²) < 4.78 is 5.08. The summed E-state index contributed by atoms with van der Waals surface area (Å²) in [6.07, 6.45) is 1.57. The van der Waals surface area contributed by atoms with E-state index in [-0.39, 0.29) is 22.6 Å². The minimum absolute atomic E-state index is 0.117. The lowest BCUT2D eigenvalue weighted by Crippen LogP contribution is -2.30. The van der Waals surface area contributed by atoms with E-state index in [1.54, 1.807) is 6.07 Å². The van der Waals surface area contributed by atoms with Crippen molar-refractivity contribution >= 4 is 29.4 Å². The zero-order valence-electron chi connectivity index (χ0n) is 17.3. The Hall–Kier alpha value is -3.48. The minimum atomic E-state index is -0.735. The van der Waals surface area contributed by atoms with Crippen molar-refractivity contribution in [3.05, 3.63) is 64.2 Å². The number of fused-ring (bicyclic) bond motifs is 1. The van der Waals surface area contributed by atoms with E-state index in [2.05, 4.69) is 5.32 Å². The van der Waals surface area contributed by atoms with E-state index >= 15 is 0 Å². The first-order valence-corrected chi connectivity index (χ1v) is 9.87. The molecule has 1 aliphatic heterocycles. The molecular weight excluding hydrogens is 384 g/mol. The third kappa shape index (κ3) is 4.25. The standard InChI is InChI=1S/C23H24N2O5/c1-4-5-11-25-21(27)17-10-9-16(12-18(17)22(25)28)23(29)30-13-20(26)24-19-8-6-7-14(2)15(19)3/h6-10,12H,4-5,11,13H2,1-3H3,(H,24,26). The minimum Gasteiger partial charge on any atom is -0.452 e. The van der Waals surface area contributed by atoms with Crippen molar-refractivity contribution in [1.29, 1.82) is 0 Å². The lowest BCUT2D eigenvalue weighted by Gasteiger charge is -2.12. The number of carbonyl (C=O) groups is 4. The number of rotatable bonds is 7. The van der Waals surface area contributed by atoms with E-state index in [1.807, 2.05) is 32.9 Å². The van der Waals surface area contributed by atoms with E-state index < -0.39 is 24.4 Å². The van der Waals surface area contributed by atoms with Crippen LogP contribution < -0.4 is 5.32 Å². The molecule has 0 radical (unpaired) electrons. The Balaban J connectivity index is 1.64. The monoisotopic (exact) mass is 408 g/mol. The predicted octanol–water partition coefficient (Wildman–Crippen LogP) is 3.50. The van der Waals surface area contributed by atoms with E-state index in [0.29, 0.717) is 12.2 Å². The molecule has 0 saturated carbocycles. The summed E-state index contributed by atoms with van der Waals surface area (Å²) in [6, 6.07) is 9.78. The van der Waals surface area contributed by atoms with E-state index in [9.17, 15) is 19.2 Å². The number of aryl methyl sites for hydroxylation is 1. The molecule has 1 N–H and O–H groups in total. The maximum Gasteiger partial charge on any atom is 0.338 e. The number of hydrogen-bond acceptors (Lipinski definition) is 5. The number of imide groups is 1. The number of nitrogens with one attached hydrogen (secondary N) is 1. The van der Waals surface area contributed by atoms with Crippen LogP contribution in [-0.4, -0.2) is 41.7 Å². The average Bonchev–Trinajstić information content (AvgIpc) is 2.97. The first-order chi connectivity index (χ1) is 14.3. The summed E-state index contributed by atoms with van der Waals surface area (Å²) >= 11 is 0. The number of benzene rings is 2. The summed E-state index contributed by atoms with van der Waals surface area (Å²) in [5.41, 5.74) is 3.21. The molecular formula is C23H24N2O5. The molecule has 0 unspecified atom stereocenters. The van der Waals surface area contributed by atoms with Gasteiger partial charge < -0.3 is 10.1 Å². The van der Waals surface area contributed by atoms with E-state index in [1.165, 1.54) is 23.1 Å². The molecule has 0 aromatic heterocycles. The Kier molecular flexibility index (Phi) is 6.30. The Morgan fingerprint density at radius 2 is 1.77 bits per heavy atom. The van der Waals surface area contributed by atoms with Crippen LogP contribution in [-0.2, 0) is 9.53 Å². The largest absolute Gasteiger partial charge is 0.452 e. The first kappa shape index (κ1) is 21.2. The number of ether oxygens (including phenoxy) is 1. The fourth-order valence-electron chi connectivity index (χ4n) is 3.22. The van der Waals surface area contributed by atoms with E-state index in [0.717, 1.165) is 24.0 Å². The number of hydrogen-bond donors (Lipinski definition) is 1. The summed E-state index contributed by atoms with van der Waals surface area (Å²) in [4.78, 5) is 50.6. The molecule has 7 nitrogen and oxygen atoms in total. The van der Waals surface area contributed by atoms with Gasteiger partial charge in [-0.05, 0) is 55.7 Å². The van der Waals surface area contributed by atoms with Crippen LogP contribution in [0.25, 0.3) is 0 Å². The molecule has 3 amide bonds. The molecule has 0 fully saturated rings. The Morgan fingerprint density at radius 3 is 2.50 bits per heavy atom. The molecule has 30 heavy (non-hydrogen) atoms. The number of esters is 1. The highest BCUT2D eigenvalue weighted by molar-refractivity contribution is 6.22. The van der Waals surface area contributed by atoms with Crippen molar-refractivity contribution < 1.29 is 23.9 Å². The lowest BCUT2D eigenvalue weighted by atomic mass is 10.1. The molecule has 7 heteroatoms. The molecule has 1 aliphatic rings. The van der Waals surface area contributed by atoms with E-state index in [4.69, 9.17) is 4.74 Å². The summed E-state index contributed by atoms with van der Waals surface area (Å²) in [7, 11) is 0. The highest BCUT2D eigenvalue weighted by Gasteiger charge is 2.35. The second-order valence-electron chi connectivity index (χ2n) is 7.25. The molecule has 0 bridgehead atoms. The fraction of sp³-hybridized carbons (Fsp3) is 0.304. The van der Waals surface area contributed by atoms with Crippen LogP contribution in [0.3, 0.4) is 0 Å². The molecule has 2 aromatic rings. The van der Waals surface area contributed by atoms with Gasteiger partial charge in [0, 0.05) is 12.2 Å². The van der Waals surface area contributed by atoms with Gasteiger partial charge in [-0.15, -0.1) is 0 Å². The van der Waals surface area contributed by atoms with Crippen LogP contribution in [0.2, 0.25) is 0 Å². The third-order valence-corrected chi connectivity index (χ3v) is 5.15. The second kappa shape index (κ2) is 8.90. The number of amides is 3. The summed E-state index contributed by atoms with van der Waals surface area (Å²) in [6.45, 7) is 5.69. The zero-order valence-corrected chi connectivity index (χ0v) is 17.3. The summed E-state index contributed by atoms with van der Waals surface area (Å²) in [5, 5.41) is 2.72. The van der Waals surface area contributed by atoms with Crippen molar-refractivity contribution in [3.8, 4) is 0 Å². The van der Waals surface area contributed by atoms with Crippen molar-refractivity contribution in [2.45, 2.75) is 33.6 Å². The molecule has 2 aromatic carbocycles. The van der Waals surface area contributed by atoms with Gasteiger partial charge in [0.2, 0.25) is 0 Å². The van der Waals surface area contributed by atoms with Crippen LogP contribution in [0.5, 0.6) is 0 Å². The van der Waals surface area contributed by atoms with Gasteiger partial charge in [-0.3, -0.25) is 19.3 Å². The molecule has 3 rings (SSSR count). The van der Waals surface area contributed by atoms with Crippen molar-refractivity contribution in [2.75, 3.05) is 18.5 Å². The van der Waals surface area contributed by atoms with Crippen molar-refractivity contribution in [2.24, 2.45) is 0 Å². The number of nitrogens with zero attached hydrogens (tertiary/aromatic N) is 1. The SMILES string of the molecule is CCCCN1C(=O)c2ccc(C(=O)OCC(=O)Nc3cccc(C)c3C)cc2C1=O. The van der Waals surface area contributed by atoms with Gasteiger partial charge in [0.25, 0.3) is 17.7 Å². The van der Waals surface area contributed by atoms with Gasteiger partial charge in [0.1, 0.15) is 0 Å². The molecule has 0 atom stereocenters. The van der Waals surface area contributed by atoms with Gasteiger partial charge in [-0.25, -0.2) is 4.79 Å². The first-order valence-electron chi connectivity index (χ1n) is 9.87. The Bertz CT molecular complexity index is 1030. The van der Waals surface area contributed by atoms with Crippen molar-refractivity contribution in [1.82, 2.24) is 4.90 Å². The van der Waals surface area contributed by atoms with Crippen LogP contribution in [0.15, 0.2) is 36.4 Å². The van der Waals surface area contributed by atoms with Gasteiger partial charge in [0.15, 0.2) is 6.61 Å². The highest BCUT2D eigenvalue weighted by atomic mass is 16.5. The lowest BCUT2D eigenvalue weighted by molar-refractivity contribution is -0.119. The maximum atomic E-state index is 12.5. The molecule has 0 aliphatic carbocycles. The highest BCUT2D eigenvalue weighted by Crippen LogP contribution is 2.25. The van der Waals surface area contributed by atoms with Crippen LogP contribution >= 0.6 is 0 Å². The molecule has 1 heterocycles. The smallest absolute Gasteiger partial charge is 0.338 e. The van der Waals surface area contributed by atoms with Crippen LogP contribution in [0, 0.1) is 13.8 Å². The van der Waals surface area contributed by atoms with Crippen molar-refractivity contribution in [3.63, 3.8) is 0 Å². The molecule has 0 saturated heterocycles. The number of anilines is 1. The van der Waals surface area contributed by atoms with Gasteiger partial charge >= 0.3 is 5.97 Å². The maximum absolute atomic E-state index is 12.5. The van der Waals surface area contributed by atoms with Crippen LogP contribution in [0.4, 0.5) is 5.69 Å². The van der Waals surface area contributed by atoms with Crippen LogP contribution in [0.1, 0.15) is 62.0 Å². The summed E-state index contributed by atoms with van der Waals surface area (Å²) in [5.74, 6) is -1.96. The second-order valence-corrected chi connectivity index (χ2v) is 7.25.